The minimum Gasteiger partial charge on any atom is -0.393 e. The Hall–Kier alpha value is -0.820. The Kier molecular flexibility index (Phi) is 8.31. The quantitative estimate of drug-likeness (QED) is 0.580. The number of nitrogens with zero attached hydrogens (tertiary/aromatic N) is 1. The average molecular weight is 468 g/mol. The molecule has 3 aliphatic carbocycles. The number of rotatable bonds is 6. The molecule has 4 aliphatic rings. The molecule has 0 spiro atoms. The first kappa shape index (κ1) is 25.3. The van der Waals surface area contributed by atoms with Gasteiger partial charge in [0, 0.05) is 13.1 Å². The van der Waals surface area contributed by atoms with E-state index in [1.807, 2.05) is 0 Å². The first-order valence-corrected chi connectivity index (χ1v) is 13.1. The molecule has 1 unspecified atom stereocenters. The molecular weight excluding hydrogens is 424 g/mol. The first-order chi connectivity index (χ1) is 15.8. The largest absolute Gasteiger partial charge is 0.393 e. The summed E-state index contributed by atoms with van der Waals surface area (Å²) >= 11 is 0. The number of allylic oxidation sites excluding steroid dienone is 3. The van der Waals surface area contributed by atoms with Gasteiger partial charge in [0.1, 0.15) is 6.10 Å². The minimum absolute atomic E-state index is 0.310. The maximum absolute atomic E-state index is 13.0. The van der Waals surface area contributed by atoms with Crippen LogP contribution in [-0.4, -0.2) is 66.1 Å². The van der Waals surface area contributed by atoms with Gasteiger partial charge in [0.2, 0.25) is 0 Å². The molecule has 1 heterocycles. The smallest absolute Gasteiger partial charge is 0.265 e. The molecule has 33 heavy (non-hydrogen) atoms. The van der Waals surface area contributed by atoms with E-state index in [9.17, 15) is 19.0 Å². The van der Waals surface area contributed by atoms with Gasteiger partial charge in [0.05, 0.1) is 18.8 Å². The predicted molar refractivity (Wildman–Crippen MR) is 126 cm³/mol. The maximum atomic E-state index is 13.0. The van der Waals surface area contributed by atoms with Crippen molar-refractivity contribution in [1.82, 2.24) is 4.90 Å². The number of ether oxygens (including phenoxy) is 1. The van der Waals surface area contributed by atoms with Gasteiger partial charge >= 0.3 is 0 Å². The first-order valence-electron chi connectivity index (χ1n) is 13.1. The molecule has 188 valence electrons. The zero-order chi connectivity index (χ0) is 23.6. The van der Waals surface area contributed by atoms with Crippen LogP contribution in [0, 0.1) is 23.2 Å². The number of fused-ring (bicyclic) bond motifs is 1. The average Bonchev–Trinajstić information content (AvgIpc) is 3.13. The Morgan fingerprint density at radius 1 is 1.18 bits per heavy atom. The van der Waals surface area contributed by atoms with Crippen molar-refractivity contribution in [3.8, 4) is 0 Å². The molecule has 0 bridgehead atoms. The highest BCUT2D eigenvalue weighted by atomic mass is 19.3. The third-order valence-corrected chi connectivity index (χ3v) is 9.16. The van der Waals surface area contributed by atoms with Crippen LogP contribution in [-0.2, 0) is 4.74 Å². The van der Waals surface area contributed by atoms with Gasteiger partial charge in [-0.25, -0.2) is 8.78 Å². The second-order valence-electron chi connectivity index (χ2n) is 11.4. The zero-order valence-corrected chi connectivity index (χ0v) is 20.4. The van der Waals surface area contributed by atoms with E-state index in [1.165, 1.54) is 25.7 Å². The minimum atomic E-state index is -2.40. The Morgan fingerprint density at radius 3 is 2.67 bits per heavy atom. The Morgan fingerprint density at radius 2 is 1.94 bits per heavy atom. The number of alkyl halides is 2. The summed E-state index contributed by atoms with van der Waals surface area (Å²) in [4.78, 5) is 2.16. The van der Waals surface area contributed by atoms with Crippen molar-refractivity contribution in [2.45, 2.75) is 96.4 Å². The lowest BCUT2D eigenvalue weighted by atomic mass is 9.61. The molecule has 4 nitrogen and oxygen atoms in total. The van der Waals surface area contributed by atoms with Crippen molar-refractivity contribution in [2.75, 3.05) is 26.2 Å². The Labute approximate surface area is 198 Å². The highest BCUT2D eigenvalue weighted by molar-refractivity contribution is 5.26. The summed E-state index contributed by atoms with van der Waals surface area (Å²) in [7, 11) is 0. The monoisotopic (exact) mass is 467 g/mol. The van der Waals surface area contributed by atoms with E-state index in [0.29, 0.717) is 55.6 Å². The van der Waals surface area contributed by atoms with Crippen LogP contribution in [0.5, 0.6) is 0 Å². The van der Waals surface area contributed by atoms with E-state index in [4.69, 9.17) is 4.74 Å². The van der Waals surface area contributed by atoms with Crippen molar-refractivity contribution in [2.24, 2.45) is 23.2 Å². The molecule has 0 aromatic rings. The van der Waals surface area contributed by atoms with E-state index in [1.54, 1.807) is 5.57 Å². The SMILES string of the molecule is CC(CCN1CCO[C@H](C(F)F)C1)[C@H]1CC[C@H]2/C(=C/C=C3C[C@@H](O)C[C@H](O)C3)CCC[C@]12C. The number of aliphatic hydroxyl groups excluding tert-OH is 2. The Bertz CT molecular complexity index is 714. The standard InChI is InChI=1S/C27H43F2NO3/c1-18(9-11-30-12-13-33-25(17-30)26(28)29)23-7-8-24-20(4-3-10-27(23,24)2)6-5-19-14-21(31)16-22(32)15-19/h5-6,18,21-26,31-32H,3-4,7-17H2,1-2H3/b20-6+/t18?,21-,22-,23-,24+,25+,27-/m1/s1. The summed E-state index contributed by atoms with van der Waals surface area (Å²) in [5, 5.41) is 20.0. The third kappa shape index (κ3) is 5.88. The van der Waals surface area contributed by atoms with Crippen LogP contribution in [0.4, 0.5) is 8.78 Å². The van der Waals surface area contributed by atoms with Gasteiger partial charge < -0.3 is 14.9 Å². The number of aliphatic hydroxyl groups is 2. The van der Waals surface area contributed by atoms with Gasteiger partial charge in [-0.15, -0.1) is 0 Å². The number of hydrogen-bond acceptors (Lipinski definition) is 4. The molecule has 4 rings (SSSR count). The summed E-state index contributed by atoms with van der Waals surface area (Å²) in [5.41, 5.74) is 3.02. The van der Waals surface area contributed by atoms with E-state index < -0.39 is 24.7 Å². The molecule has 0 aromatic carbocycles. The van der Waals surface area contributed by atoms with Gasteiger partial charge in [0.15, 0.2) is 0 Å². The van der Waals surface area contributed by atoms with Crippen molar-refractivity contribution < 1.29 is 23.7 Å². The molecule has 1 aliphatic heterocycles. The lowest BCUT2D eigenvalue weighted by molar-refractivity contribution is -0.103. The summed E-state index contributed by atoms with van der Waals surface area (Å²) < 4.78 is 31.3. The fraction of sp³-hybridized carbons (Fsp3) is 0.852. The summed E-state index contributed by atoms with van der Waals surface area (Å²) in [6, 6.07) is 0. The Balaban J connectivity index is 1.37. The fourth-order valence-electron chi connectivity index (χ4n) is 7.42. The van der Waals surface area contributed by atoms with Crippen LogP contribution in [0.3, 0.4) is 0 Å². The summed E-state index contributed by atoms with van der Waals surface area (Å²) in [6.07, 6.45) is 9.33. The van der Waals surface area contributed by atoms with E-state index >= 15 is 0 Å². The molecular formula is C27H43F2NO3. The fourth-order valence-corrected chi connectivity index (χ4v) is 7.42. The van der Waals surface area contributed by atoms with Gasteiger partial charge in [-0.05, 0) is 87.5 Å². The molecule has 6 heteroatoms. The van der Waals surface area contributed by atoms with Crippen molar-refractivity contribution in [3.63, 3.8) is 0 Å². The van der Waals surface area contributed by atoms with E-state index in [2.05, 4.69) is 30.9 Å². The van der Waals surface area contributed by atoms with Crippen LogP contribution in [0.15, 0.2) is 23.3 Å². The molecule has 7 atom stereocenters. The molecule has 1 saturated heterocycles. The third-order valence-electron chi connectivity index (χ3n) is 9.16. The van der Waals surface area contributed by atoms with Crippen molar-refractivity contribution in [1.29, 1.82) is 0 Å². The van der Waals surface area contributed by atoms with Gasteiger partial charge in [-0.3, -0.25) is 4.90 Å². The topological polar surface area (TPSA) is 52.9 Å². The predicted octanol–water partition coefficient (Wildman–Crippen LogP) is 4.95. The molecule has 0 aromatic heterocycles. The van der Waals surface area contributed by atoms with Gasteiger partial charge in [-0.1, -0.05) is 37.1 Å². The lowest BCUT2D eigenvalue weighted by Crippen LogP contribution is -2.46. The number of morpholine rings is 1. The molecule has 2 N–H and O–H groups in total. The second kappa shape index (κ2) is 10.8. The number of hydrogen-bond donors (Lipinski definition) is 2. The summed E-state index contributed by atoms with van der Waals surface area (Å²) in [5.74, 6) is 1.86. The second-order valence-corrected chi connectivity index (χ2v) is 11.4. The molecule has 0 radical (unpaired) electrons. The normalized spacial score (nSPS) is 40.3. The van der Waals surface area contributed by atoms with Crippen LogP contribution < -0.4 is 0 Å². The molecule has 3 saturated carbocycles. The highest BCUT2D eigenvalue weighted by Gasteiger charge is 2.50. The molecule has 0 amide bonds. The molecule has 4 fully saturated rings. The maximum Gasteiger partial charge on any atom is 0.265 e. The van der Waals surface area contributed by atoms with E-state index in [0.717, 1.165) is 31.5 Å². The van der Waals surface area contributed by atoms with Gasteiger partial charge in [-0.2, -0.15) is 0 Å². The van der Waals surface area contributed by atoms with Crippen LogP contribution >= 0.6 is 0 Å². The van der Waals surface area contributed by atoms with Crippen molar-refractivity contribution in [3.05, 3.63) is 23.3 Å². The lowest BCUT2D eigenvalue weighted by Gasteiger charge is -2.45. The van der Waals surface area contributed by atoms with Crippen LogP contribution in [0.1, 0.15) is 71.6 Å². The van der Waals surface area contributed by atoms with E-state index in [-0.39, 0.29) is 0 Å². The van der Waals surface area contributed by atoms with Crippen molar-refractivity contribution >= 4 is 0 Å². The number of halogens is 2. The van der Waals surface area contributed by atoms with Crippen LogP contribution in [0.2, 0.25) is 0 Å². The summed E-state index contributed by atoms with van der Waals surface area (Å²) in [6.45, 7) is 7.25. The van der Waals surface area contributed by atoms with Crippen LogP contribution in [0.25, 0.3) is 0 Å². The highest BCUT2D eigenvalue weighted by Crippen LogP contribution is 2.59. The zero-order valence-electron chi connectivity index (χ0n) is 20.4. The van der Waals surface area contributed by atoms with Gasteiger partial charge in [0.25, 0.3) is 6.43 Å².